The van der Waals surface area contributed by atoms with E-state index in [9.17, 15) is 9.90 Å². The van der Waals surface area contributed by atoms with Crippen molar-refractivity contribution < 1.29 is 9.90 Å². The lowest BCUT2D eigenvalue weighted by Crippen LogP contribution is -2.45. The van der Waals surface area contributed by atoms with Crippen molar-refractivity contribution in [3.8, 4) is 0 Å². The lowest BCUT2D eigenvalue weighted by molar-refractivity contribution is -0.115. The lowest BCUT2D eigenvalue weighted by Gasteiger charge is -2.53. The highest BCUT2D eigenvalue weighted by atomic mass is 16.3. The third-order valence-electron chi connectivity index (χ3n) is 7.99. The van der Waals surface area contributed by atoms with E-state index in [4.69, 9.17) is 0 Å². The summed E-state index contributed by atoms with van der Waals surface area (Å²) in [6.07, 6.45) is 11.8. The van der Waals surface area contributed by atoms with Gasteiger partial charge in [0.1, 0.15) is 0 Å². The molecule has 0 heterocycles. The predicted molar refractivity (Wildman–Crippen MR) is 91.9 cm³/mol. The summed E-state index contributed by atoms with van der Waals surface area (Å²) in [6, 6.07) is 0. The molecule has 23 heavy (non-hydrogen) atoms. The third kappa shape index (κ3) is 2.06. The van der Waals surface area contributed by atoms with Crippen molar-refractivity contribution in [1.82, 2.24) is 0 Å². The normalized spacial score (nSPS) is 47.1. The van der Waals surface area contributed by atoms with Gasteiger partial charge in [-0.1, -0.05) is 31.1 Å². The second-order valence-electron chi connectivity index (χ2n) is 9.01. The van der Waals surface area contributed by atoms with Gasteiger partial charge in [-0.05, 0) is 74.7 Å². The van der Waals surface area contributed by atoms with Crippen LogP contribution in [0.25, 0.3) is 0 Å². The van der Waals surface area contributed by atoms with E-state index in [0.29, 0.717) is 24.0 Å². The summed E-state index contributed by atoms with van der Waals surface area (Å²) in [5, 5.41) is 10.3. The number of rotatable bonds is 1. The summed E-state index contributed by atoms with van der Waals surface area (Å²) in [5.74, 6) is 2.17. The Morgan fingerprint density at radius 3 is 2.74 bits per heavy atom. The zero-order valence-electron chi connectivity index (χ0n) is 14.8. The fourth-order valence-electron chi connectivity index (χ4n) is 6.69. The third-order valence-corrected chi connectivity index (χ3v) is 7.99. The van der Waals surface area contributed by atoms with Gasteiger partial charge >= 0.3 is 0 Å². The van der Waals surface area contributed by atoms with E-state index in [2.05, 4.69) is 19.9 Å². The van der Waals surface area contributed by atoms with Crippen molar-refractivity contribution in [1.29, 1.82) is 0 Å². The molecule has 4 aliphatic rings. The van der Waals surface area contributed by atoms with E-state index in [1.54, 1.807) is 5.57 Å². The Kier molecular flexibility index (Phi) is 3.43. The number of aliphatic hydroxyl groups is 1. The number of aliphatic hydroxyl groups excluding tert-OH is 1. The largest absolute Gasteiger partial charge is 0.393 e. The smallest absolute Gasteiger partial charge is 0.155 e. The van der Waals surface area contributed by atoms with E-state index in [1.807, 2.05) is 13.0 Å². The first-order valence-corrected chi connectivity index (χ1v) is 9.49. The van der Waals surface area contributed by atoms with Gasteiger partial charge in [-0.2, -0.15) is 0 Å². The first-order valence-electron chi connectivity index (χ1n) is 9.49. The van der Waals surface area contributed by atoms with Crippen LogP contribution in [0.1, 0.15) is 65.7 Å². The monoisotopic (exact) mass is 314 g/mol. The molecule has 2 fully saturated rings. The van der Waals surface area contributed by atoms with Gasteiger partial charge in [0.2, 0.25) is 0 Å². The van der Waals surface area contributed by atoms with E-state index < -0.39 is 0 Å². The number of allylic oxidation sites excluding steroid dienone is 4. The van der Waals surface area contributed by atoms with E-state index >= 15 is 0 Å². The summed E-state index contributed by atoms with van der Waals surface area (Å²) in [5.41, 5.74) is 3.44. The molecule has 0 amide bonds. The van der Waals surface area contributed by atoms with E-state index in [1.165, 1.54) is 24.8 Å². The van der Waals surface area contributed by atoms with Gasteiger partial charge < -0.3 is 5.11 Å². The molecule has 0 spiro atoms. The molecular weight excluding hydrogens is 284 g/mol. The Morgan fingerprint density at radius 1 is 1.22 bits per heavy atom. The number of carbonyl (C=O) groups is 1. The number of hydrogen-bond donors (Lipinski definition) is 1. The van der Waals surface area contributed by atoms with Crippen LogP contribution >= 0.6 is 0 Å². The van der Waals surface area contributed by atoms with Crippen molar-refractivity contribution in [3.05, 3.63) is 23.3 Å². The molecule has 1 N–H and O–H groups in total. The summed E-state index contributed by atoms with van der Waals surface area (Å²) in [7, 11) is 0. The molecule has 0 aromatic rings. The molecule has 0 aromatic carbocycles. The summed E-state index contributed by atoms with van der Waals surface area (Å²) < 4.78 is 0. The standard InChI is InChI=1S/C21H30O2/c1-13(22)17-6-7-18-16-5-4-14-12-15(23)8-10-20(14,2)19(16)9-11-21(17,18)3/h9,12-13,16-18,22H,4-8,10-11H2,1-3H3/t13-,16-,17-,18+,20+,21+/m0/s1. The van der Waals surface area contributed by atoms with Crippen molar-refractivity contribution in [2.75, 3.05) is 0 Å². The molecule has 126 valence electrons. The van der Waals surface area contributed by atoms with Gasteiger partial charge in [-0.15, -0.1) is 0 Å². The maximum Gasteiger partial charge on any atom is 0.155 e. The van der Waals surface area contributed by atoms with Gasteiger partial charge in [0, 0.05) is 11.8 Å². The SMILES string of the molecule is C[C@H](O)[C@@H]1CC[C@@H]2[C@@H]3CCC4=CC(=O)CC[C@@]4(C)C3=CC[C@@]21C. The summed E-state index contributed by atoms with van der Waals surface area (Å²) >= 11 is 0. The van der Waals surface area contributed by atoms with Gasteiger partial charge in [-0.3, -0.25) is 4.79 Å². The Morgan fingerprint density at radius 2 is 2.00 bits per heavy atom. The van der Waals surface area contributed by atoms with Crippen LogP contribution in [0.5, 0.6) is 0 Å². The first-order chi connectivity index (χ1) is 10.9. The lowest BCUT2D eigenvalue weighted by atomic mass is 9.51. The van der Waals surface area contributed by atoms with Crippen molar-refractivity contribution in [2.24, 2.45) is 28.6 Å². The molecule has 0 aliphatic heterocycles. The van der Waals surface area contributed by atoms with Crippen molar-refractivity contribution >= 4 is 5.78 Å². The number of carbonyl (C=O) groups excluding carboxylic acids is 1. The Labute approximate surface area is 140 Å². The second kappa shape index (κ2) is 5.05. The van der Waals surface area contributed by atoms with Crippen LogP contribution in [-0.4, -0.2) is 17.0 Å². The molecule has 2 heteroatoms. The summed E-state index contributed by atoms with van der Waals surface area (Å²) in [4.78, 5) is 11.8. The Bertz CT molecular complexity index is 599. The van der Waals surface area contributed by atoms with Crippen molar-refractivity contribution in [3.63, 3.8) is 0 Å². The maximum absolute atomic E-state index is 11.8. The highest BCUT2D eigenvalue weighted by Crippen LogP contribution is 2.64. The number of hydrogen-bond acceptors (Lipinski definition) is 2. The van der Waals surface area contributed by atoms with Gasteiger partial charge in [0.05, 0.1) is 6.10 Å². The minimum absolute atomic E-state index is 0.140. The number of ketones is 1. The minimum atomic E-state index is -0.193. The van der Waals surface area contributed by atoms with Gasteiger partial charge in [0.25, 0.3) is 0 Å². The second-order valence-corrected chi connectivity index (χ2v) is 9.01. The molecule has 0 radical (unpaired) electrons. The predicted octanol–water partition coefficient (Wildman–Crippen LogP) is 4.44. The molecule has 0 saturated heterocycles. The van der Waals surface area contributed by atoms with Crippen LogP contribution in [0.4, 0.5) is 0 Å². The fourth-order valence-corrected chi connectivity index (χ4v) is 6.69. The molecule has 4 rings (SSSR count). The molecule has 2 saturated carbocycles. The minimum Gasteiger partial charge on any atom is -0.393 e. The van der Waals surface area contributed by atoms with Crippen LogP contribution in [0.3, 0.4) is 0 Å². The molecule has 0 bridgehead atoms. The molecule has 0 aromatic heterocycles. The van der Waals surface area contributed by atoms with Crippen LogP contribution in [0, 0.1) is 28.6 Å². The zero-order chi connectivity index (χ0) is 16.4. The molecule has 0 unspecified atom stereocenters. The van der Waals surface area contributed by atoms with Crippen LogP contribution in [0.15, 0.2) is 23.3 Å². The molecule has 2 nitrogen and oxygen atoms in total. The number of fused-ring (bicyclic) bond motifs is 5. The Balaban J connectivity index is 1.73. The Hall–Kier alpha value is -0.890. The van der Waals surface area contributed by atoms with Crippen molar-refractivity contribution in [2.45, 2.75) is 71.8 Å². The summed E-state index contributed by atoms with van der Waals surface area (Å²) in [6.45, 7) is 6.79. The highest BCUT2D eigenvalue weighted by Gasteiger charge is 2.56. The quantitative estimate of drug-likeness (QED) is 0.727. The van der Waals surface area contributed by atoms with Crippen LogP contribution < -0.4 is 0 Å². The molecule has 4 aliphatic carbocycles. The van der Waals surface area contributed by atoms with Crippen LogP contribution in [0.2, 0.25) is 0 Å². The van der Waals surface area contributed by atoms with Gasteiger partial charge in [0.15, 0.2) is 5.78 Å². The first kappa shape index (κ1) is 15.6. The van der Waals surface area contributed by atoms with E-state index in [-0.39, 0.29) is 16.9 Å². The maximum atomic E-state index is 11.8. The van der Waals surface area contributed by atoms with Gasteiger partial charge in [-0.25, -0.2) is 0 Å². The molecule has 6 atom stereocenters. The zero-order valence-corrected chi connectivity index (χ0v) is 14.8. The average molecular weight is 314 g/mol. The average Bonchev–Trinajstić information content (AvgIpc) is 2.85. The highest BCUT2D eigenvalue weighted by molar-refractivity contribution is 5.92. The van der Waals surface area contributed by atoms with Crippen LogP contribution in [-0.2, 0) is 4.79 Å². The topological polar surface area (TPSA) is 37.3 Å². The van der Waals surface area contributed by atoms with E-state index in [0.717, 1.165) is 25.2 Å². The fraction of sp³-hybridized carbons (Fsp3) is 0.762. The molecular formula is C21H30O2.